The molecule has 1 heterocycles. The van der Waals surface area contributed by atoms with E-state index in [9.17, 15) is 8.42 Å². The lowest BCUT2D eigenvalue weighted by Gasteiger charge is -2.12. The molecule has 0 unspecified atom stereocenters. The average molecular weight is 481 g/mol. The number of nitrogens with one attached hydrogen (secondary N) is 1. The number of hydrogen-bond acceptors (Lipinski definition) is 4. The van der Waals surface area contributed by atoms with Gasteiger partial charge < -0.3 is 5.73 Å². The number of anilines is 2. The van der Waals surface area contributed by atoms with Gasteiger partial charge in [0.05, 0.1) is 15.7 Å². The summed E-state index contributed by atoms with van der Waals surface area (Å²) in [6, 6.07) is 4.56. The lowest BCUT2D eigenvalue weighted by Crippen LogP contribution is -2.14. The molecule has 20 heavy (non-hydrogen) atoms. The SMILES string of the molecule is Nc1cc(Br)cc(Br)c1NS(=O)(=O)c1cc(Cl)sc1Cl. The third-order valence-electron chi connectivity index (χ3n) is 2.24. The van der Waals surface area contributed by atoms with Crippen molar-refractivity contribution in [1.29, 1.82) is 0 Å². The molecule has 0 amide bonds. The van der Waals surface area contributed by atoms with Crippen molar-refractivity contribution in [2.24, 2.45) is 0 Å². The first-order valence-electron chi connectivity index (χ1n) is 4.93. The first-order valence-corrected chi connectivity index (χ1v) is 9.57. The summed E-state index contributed by atoms with van der Waals surface area (Å²) in [5.41, 5.74) is 6.32. The molecule has 1 aromatic heterocycles. The van der Waals surface area contributed by atoms with Crippen LogP contribution in [0, 0.1) is 0 Å². The van der Waals surface area contributed by atoms with Crippen LogP contribution in [0.3, 0.4) is 0 Å². The largest absolute Gasteiger partial charge is 0.397 e. The zero-order valence-electron chi connectivity index (χ0n) is 9.45. The van der Waals surface area contributed by atoms with Gasteiger partial charge in [0.1, 0.15) is 9.23 Å². The van der Waals surface area contributed by atoms with E-state index >= 15 is 0 Å². The Bertz CT molecular complexity index is 755. The summed E-state index contributed by atoms with van der Waals surface area (Å²) in [6.45, 7) is 0. The zero-order valence-corrected chi connectivity index (χ0v) is 15.8. The topological polar surface area (TPSA) is 72.2 Å². The summed E-state index contributed by atoms with van der Waals surface area (Å²) >= 11 is 19.1. The molecule has 10 heteroatoms. The summed E-state index contributed by atoms with van der Waals surface area (Å²) in [4.78, 5) is -0.0802. The summed E-state index contributed by atoms with van der Waals surface area (Å²) in [5, 5.41) is 0. The summed E-state index contributed by atoms with van der Waals surface area (Å²) in [7, 11) is -3.86. The van der Waals surface area contributed by atoms with Gasteiger partial charge in [0, 0.05) is 8.95 Å². The van der Waals surface area contributed by atoms with Gasteiger partial charge in [-0.15, -0.1) is 11.3 Å². The van der Waals surface area contributed by atoms with Crippen LogP contribution in [-0.4, -0.2) is 8.42 Å². The van der Waals surface area contributed by atoms with Crippen LogP contribution >= 0.6 is 66.4 Å². The molecule has 0 aliphatic rings. The van der Waals surface area contributed by atoms with Crippen LogP contribution in [0.2, 0.25) is 8.67 Å². The minimum absolute atomic E-state index is 0.0802. The van der Waals surface area contributed by atoms with Crippen LogP contribution in [0.5, 0.6) is 0 Å². The highest BCUT2D eigenvalue weighted by Crippen LogP contribution is 2.38. The van der Waals surface area contributed by atoms with E-state index in [0.29, 0.717) is 8.81 Å². The summed E-state index contributed by atoms with van der Waals surface area (Å²) in [6.07, 6.45) is 0. The van der Waals surface area contributed by atoms with E-state index in [1.54, 1.807) is 12.1 Å². The van der Waals surface area contributed by atoms with Crippen molar-refractivity contribution in [2.75, 3.05) is 10.5 Å². The predicted molar refractivity (Wildman–Crippen MR) is 91.4 cm³/mol. The molecule has 0 spiro atoms. The van der Waals surface area contributed by atoms with Crippen molar-refractivity contribution in [3.05, 3.63) is 35.8 Å². The standard InChI is InChI=1S/C10H6Br2Cl2N2O2S2/c11-4-1-5(12)9(6(15)2-4)16-20(17,18)7-3-8(13)19-10(7)14/h1-3,16H,15H2. The Morgan fingerprint density at radius 1 is 1.20 bits per heavy atom. The van der Waals surface area contributed by atoms with Crippen LogP contribution in [0.15, 0.2) is 32.0 Å². The average Bonchev–Trinajstić information content (AvgIpc) is 2.64. The molecule has 4 nitrogen and oxygen atoms in total. The van der Waals surface area contributed by atoms with E-state index in [4.69, 9.17) is 28.9 Å². The minimum Gasteiger partial charge on any atom is -0.397 e. The number of sulfonamides is 1. The normalized spacial score (nSPS) is 11.6. The molecule has 0 fully saturated rings. The van der Waals surface area contributed by atoms with E-state index in [1.165, 1.54) is 6.07 Å². The molecule has 0 atom stereocenters. The number of nitrogens with two attached hydrogens (primary N) is 1. The van der Waals surface area contributed by atoms with E-state index in [-0.39, 0.29) is 20.6 Å². The van der Waals surface area contributed by atoms with Crippen molar-refractivity contribution < 1.29 is 8.42 Å². The fourth-order valence-corrected chi connectivity index (χ4v) is 6.15. The van der Waals surface area contributed by atoms with Crippen molar-refractivity contribution in [1.82, 2.24) is 0 Å². The van der Waals surface area contributed by atoms with Crippen LogP contribution in [0.4, 0.5) is 11.4 Å². The highest BCUT2D eigenvalue weighted by Gasteiger charge is 2.23. The van der Waals surface area contributed by atoms with E-state index in [2.05, 4.69) is 36.6 Å². The van der Waals surface area contributed by atoms with Crippen molar-refractivity contribution in [2.45, 2.75) is 4.90 Å². The van der Waals surface area contributed by atoms with Crippen LogP contribution in [0.25, 0.3) is 0 Å². The van der Waals surface area contributed by atoms with E-state index < -0.39 is 10.0 Å². The van der Waals surface area contributed by atoms with Crippen molar-refractivity contribution >= 4 is 87.8 Å². The quantitative estimate of drug-likeness (QED) is 0.610. The number of hydrogen-bond donors (Lipinski definition) is 2. The van der Waals surface area contributed by atoms with Crippen molar-refractivity contribution in [3.63, 3.8) is 0 Å². The maximum Gasteiger partial charge on any atom is 0.264 e. The molecule has 0 saturated heterocycles. The fraction of sp³-hybridized carbons (Fsp3) is 0. The third-order valence-corrected chi connectivity index (χ3v) is 6.42. The van der Waals surface area contributed by atoms with Crippen LogP contribution in [0.1, 0.15) is 0 Å². The molecular weight excluding hydrogens is 475 g/mol. The Hall–Kier alpha value is 0.01000. The first-order chi connectivity index (χ1) is 9.20. The molecule has 0 aliphatic carbocycles. The second-order valence-electron chi connectivity index (χ2n) is 3.65. The van der Waals surface area contributed by atoms with Gasteiger partial charge in [-0.3, -0.25) is 4.72 Å². The van der Waals surface area contributed by atoms with Gasteiger partial charge >= 0.3 is 0 Å². The second-order valence-corrected chi connectivity index (χ2v) is 9.35. The Kier molecular flexibility index (Phi) is 4.93. The summed E-state index contributed by atoms with van der Waals surface area (Å²) < 4.78 is 28.6. The molecule has 0 aliphatic heterocycles. The van der Waals surface area contributed by atoms with Gasteiger partial charge in [0.2, 0.25) is 0 Å². The van der Waals surface area contributed by atoms with Gasteiger partial charge in [-0.1, -0.05) is 39.1 Å². The van der Waals surface area contributed by atoms with Crippen molar-refractivity contribution in [3.8, 4) is 0 Å². The highest BCUT2D eigenvalue weighted by atomic mass is 79.9. The lowest BCUT2D eigenvalue weighted by molar-refractivity contribution is 0.601. The Morgan fingerprint density at radius 2 is 1.85 bits per heavy atom. The lowest BCUT2D eigenvalue weighted by atomic mass is 10.3. The number of halogens is 4. The van der Waals surface area contributed by atoms with E-state index in [0.717, 1.165) is 15.8 Å². The van der Waals surface area contributed by atoms with Gasteiger partial charge in [-0.25, -0.2) is 8.42 Å². The van der Waals surface area contributed by atoms with Gasteiger partial charge in [-0.05, 0) is 34.1 Å². The molecule has 2 rings (SSSR count). The van der Waals surface area contributed by atoms with Gasteiger partial charge in [0.15, 0.2) is 0 Å². The number of nitrogen functional groups attached to an aromatic ring is 1. The van der Waals surface area contributed by atoms with Crippen LogP contribution < -0.4 is 10.5 Å². The molecule has 0 radical (unpaired) electrons. The smallest absolute Gasteiger partial charge is 0.264 e. The number of thiophene rings is 1. The molecule has 0 bridgehead atoms. The second kappa shape index (κ2) is 6.02. The maximum atomic E-state index is 12.3. The number of benzene rings is 1. The van der Waals surface area contributed by atoms with Gasteiger partial charge in [0.25, 0.3) is 10.0 Å². The first kappa shape index (κ1) is 16.4. The maximum absolute atomic E-state index is 12.3. The van der Waals surface area contributed by atoms with E-state index in [1.807, 2.05) is 0 Å². The zero-order chi connectivity index (χ0) is 15.1. The molecule has 108 valence electrons. The minimum atomic E-state index is -3.86. The molecular formula is C10H6Br2Cl2N2O2S2. The van der Waals surface area contributed by atoms with Crippen LogP contribution in [-0.2, 0) is 10.0 Å². The monoisotopic (exact) mass is 478 g/mol. The molecule has 1 aromatic carbocycles. The molecule has 3 N–H and O–H groups in total. The molecule has 2 aromatic rings. The third kappa shape index (κ3) is 3.42. The highest BCUT2D eigenvalue weighted by molar-refractivity contribution is 9.11. The number of rotatable bonds is 3. The van der Waals surface area contributed by atoms with Gasteiger partial charge in [-0.2, -0.15) is 0 Å². The summed E-state index contributed by atoms with van der Waals surface area (Å²) in [5.74, 6) is 0. The Balaban J connectivity index is 2.46. The molecule has 0 saturated carbocycles. The predicted octanol–water partition coefficient (Wildman–Crippen LogP) is 4.96. The Labute approximate surface area is 146 Å². The Morgan fingerprint density at radius 3 is 2.35 bits per heavy atom. The fourth-order valence-electron chi connectivity index (χ4n) is 1.40.